The van der Waals surface area contributed by atoms with Crippen molar-refractivity contribution in [2.75, 3.05) is 18.7 Å². The molecule has 1 nitrogen and oxygen atoms in total. The summed E-state index contributed by atoms with van der Waals surface area (Å²) in [6.45, 7) is 5.16. The quantitative estimate of drug-likeness (QED) is 0.447. The second-order valence-corrected chi connectivity index (χ2v) is 5.91. The number of ether oxygens (including phenoxy) is 1. The van der Waals surface area contributed by atoms with Gasteiger partial charge in [0.2, 0.25) is 0 Å². The second kappa shape index (κ2) is 8.56. The predicted molar refractivity (Wildman–Crippen MR) is 52.9 cm³/mol. The van der Waals surface area contributed by atoms with Gasteiger partial charge in [-0.05, 0) is 13.3 Å². The Morgan fingerprint density at radius 1 is 1.36 bits per heavy atom. The van der Waals surface area contributed by atoms with E-state index in [2.05, 4.69) is 13.8 Å². The van der Waals surface area contributed by atoms with E-state index in [4.69, 9.17) is 16.3 Å². The van der Waals surface area contributed by atoms with E-state index in [9.17, 15) is 0 Å². The Hall–Kier alpha value is 0.467. The van der Waals surface area contributed by atoms with E-state index in [0.717, 1.165) is 25.1 Å². The van der Waals surface area contributed by atoms with Crippen LogP contribution in [0.4, 0.5) is 0 Å². The fraction of sp³-hybridized carbons (Fsp3) is 1.00. The number of hydrogen-bond donors (Lipinski definition) is 0. The molecule has 0 N–H and O–H groups in total. The molecule has 0 heterocycles. The average Bonchev–Trinajstić information content (AvgIpc) is 2.05. The van der Waals surface area contributed by atoms with E-state index in [-0.39, 0.29) is 8.80 Å². The van der Waals surface area contributed by atoms with Crippen LogP contribution in [0, 0.1) is 0 Å². The molecule has 0 saturated heterocycles. The van der Waals surface area contributed by atoms with E-state index < -0.39 is 0 Å². The smallest absolute Gasteiger partial charge is 0.0803 e. The minimum atomic E-state index is -0.216. The van der Waals surface area contributed by atoms with Crippen LogP contribution in [0.2, 0.25) is 12.1 Å². The van der Waals surface area contributed by atoms with Gasteiger partial charge in [0.15, 0.2) is 0 Å². The van der Waals surface area contributed by atoms with E-state index >= 15 is 0 Å². The molecule has 0 aromatic rings. The highest BCUT2D eigenvalue weighted by Gasteiger charge is 2.07. The van der Waals surface area contributed by atoms with Crippen LogP contribution in [0.3, 0.4) is 0 Å². The number of rotatable bonds is 7. The molecule has 0 aromatic heterocycles. The molecule has 0 bridgehead atoms. The maximum atomic E-state index is 5.61. The Balaban J connectivity index is 3.25. The number of hydrogen-bond acceptors (Lipinski definition) is 1. The van der Waals surface area contributed by atoms with Gasteiger partial charge < -0.3 is 4.74 Å². The lowest BCUT2D eigenvalue weighted by molar-refractivity contribution is 0.190. The summed E-state index contributed by atoms with van der Waals surface area (Å²) in [6.07, 6.45) is 2.17. The first-order valence-electron chi connectivity index (χ1n) is 4.32. The van der Waals surface area contributed by atoms with E-state index in [0.29, 0.717) is 0 Å². The zero-order chi connectivity index (χ0) is 8.53. The van der Waals surface area contributed by atoms with Crippen molar-refractivity contribution in [3.05, 3.63) is 0 Å². The van der Waals surface area contributed by atoms with E-state index in [1.54, 1.807) is 0 Å². The highest BCUT2D eigenvalue weighted by molar-refractivity contribution is 6.58. The summed E-state index contributed by atoms with van der Waals surface area (Å²) >= 11 is 5.61. The summed E-state index contributed by atoms with van der Waals surface area (Å²) in [6, 6.07) is 2.62. The molecule has 11 heavy (non-hydrogen) atoms. The van der Waals surface area contributed by atoms with Crippen molar-refractivity contribution < 1.29 is 4.74 Å². The molecule has 0 spiro atoms. The van der Waals surface area contributed by atoms with Crippen LogP contribution in [-0.2, 0) is 4.74 Å². The van der Waals surface area contributed by atoms with Crippen LogP contribution in [0.1, 0.15) is 20.3 Å². The van der Waals surface area contributed by atoms with Crippen LogP contribution >= 0.6 is 11.6 Å². The molecule has 0 saturated carbocycles. The molecule has 1 radical (unpaired) electrons. The molecule has 0 unspecified atom stereocenters. The maximum Gasteiger partial charge on any atom is 0.0803 e. The van der Waals surface area contributed by atoms with Crippen LogP contribution in [-0.4, -0.2) is 27.5 Å². The van der Waals surface area contributed by atoms with Crippen LogP contribution < -0.4 is 0 Å². The molecule has 0 atom stereocenters. The van der Waals surface area contributed by atoms with Crippen molar-refractivity contribution in [2.24, 2.45) is 0 Å². The molecular formula is C8H18ClOSi. The Bertz CT molecular complexity index is 72.5. The SMILES string of the molecule is CCOC[Si](CC)CCCCl. The fourth-order valence-corrected chi connectivity index (χ4v) is 3.14. The van der Waals surface area contributed by atoms with E-state index in [1.807, 2.05) is 0 Å². The zero-order valence-electron chi connectivity index (χ0n) is 7.53. The third kappa shape index (κ3) is 6.85. The largest absolute Gasteiger partial charge is 0.385 e. The summed E-state index contributed by atoms with van der Waals surface area (Å²) in [5, 5.41) is 0. The monoisotopic (exact) mass is 193 g/mol. The molecule has 0 aliphatic rings. The Labute approximate surface area is 76.7 Å². The lowest BCUT2D eigenvalue weighted by atomic mass is 10.6. The van der Waals surface area contributed by atoms with Gasteiger partial charge in [-0.2, -0.15) is 0 Å². The molecule has 0 aromatic carbocycles. The predicted octanol–water partition coefficient (Wildman–Crippen LogP) is 2.71. The molecule has 0 aliphatic carbocycles. The average molecular weight is 194 g/mol. The normalized spacial score (nSPS) is 10.9. The van der Waals surface area contributed by atoms with Crippen molar-refractivity contribution in [2.45, 2.75) is 32.4 Å². The lowest BCUT2D eigenvalue weighted by Gasteiger charge is -2.10. The van der Waals surface area contributed by atoms with Gasteiger partial charge in [0.05, 0.1) is 8.80 Å². The Morgan fingerprint density at radius 3 is 2.55 bits per heavy atom. The van der Waals surface area contributed by atoms with Gasteiger partial charge in [-0.1, -0.05) is 19.0 Å². The topological polar surface area (TPSA) is 9.23 Å². The first-order chi connectivity index (χ1) is 5.35. The van der Waals surface area contributed by atoms with Crippen molar-refractivity contribution in [3.63, 3.8) is 0 Å². The summed E-state index contributed by atoms with van der Waals surface area (Å²) < 4.78 is 5.39. The second-order valence-electron chi connectivity index (χ2n) is 2.53. The highest BCUT2D eigenvalue weighted by atomic mass is 35.5. The fourth-order valence-electron chi connectivity index (χ4n) is 0.914. The Kier molecular flexibility index (Phi) is 8.93. The molecule has 0 fully saturated rings. The van der Waals surface area contributed by atoms with Gasteiger partial charge in [-0.3, -0.25) is 0 Å². The summed E-state index contributed by atoms with van der Waals surface area (Å²) in [5.74, 6) is 0.806. The lowest BCUT2D eigenvalue weighted by Crippen LogP contribution is -2.19. The van der Waals surface area contributed by atoms with Crippen LogP contribution in [0.5, 0.6) is 0 Å². The summed E-state index contributed by atoms with van der Waals surface area (Å²) in [5.41, 5.74) is 0. The molecule has 0 rings (SSSR count). The molecular weight excluding hydrogens is 176 g/mol. The molecule has 67 valence electrons. The third-order valence-corrected chi connectivity index (χ3v) is 4.61. The van der Waals surface area contributed by atoms with E-state index in [1.165, 1.54) is 12.1 Å². The maximum absolute atomic E-state index is 5.61. The van der Waals surface area contributed by atoms with Crippen molar-refractivity contribution >= 4 is 20.4 Å². The van der Waals surface area contributed by atoms with Gasteiger partial charge in [0.1, 0.15) is 0 Å². The van der Waals surface area contributed by atoms with Crippen molar-refractivity contribution in [3.8, 4) is 0 Å². The molecule has 3 heteroatoms. The van der Waals surface area contributed by atoms with Crippen molar-refractivity contribution in [1.82, 2.24) is 0 Å². The zero-order valence-corrected chi connectivity index (χ0v) is 9.28. The molecule has 0 amide bonds. The summed E-state index contributed by atoms with van der Waals surface area (Å²) in [4.78, 5) is 0. The van der Waals surface area contributed by atoms with Crippen LogP contribution in [0.15, 0.2) is 0 Å². The number of alkyl halides is 1. The number of halogens is 1. The minimum absolute atomic E-state index is 0.216. The van der Waals surface area contributed by atoms with Crippen LogP contribution in [0.25, 0.3) is 0 Å². The molecule has 0 aliphatic heterocycles. The van der Waals surface area contributed by atoms with Gasteiger partial charge in [0, 0.05) is 18.7 Å². The van der Waals surface area contributed by atoms with Gasteiger partial charge in [-0.25, -0.2) is 0 Å². The first-order valence-corrected chi connectivity index (χ1v) is 6.98. The van der Waals surface area contributed by atoms with Gasteiger partial charge in [0.25, 0.3) is 0 Å². The summed E-state index contributed by atoms with van der Waals surface area (Å²) in [7, 11) is -0.216. The minimum Gasteiger partial charge on any atom is -0.385 e. The Morgan fingerprint density at radius 2 is 2.09 bits per heavy atom. The standard InChI is InChI=1S/C8H18ClOSi/c1-3-10-8-11(4-2)7-5-6-9/h3-8H2,1-2H3. The third-order valence-electron chi connectivity index (χ3n) is 1.67. The highest BCUT2D eigenvalue weighted by Crippen LogP contribution is 2.04. The van der Waals surface area contributed by atoms with Crippen molar-refractivity contribution in [1.29, 1.82) is 0 Å². The van der Waals surface area contributed by atoms with Gasteiger partial charge >= 0.3 is 0 Å². The van der Waals surface area contributed by atoms with Gasteiger partial charge in [-0.15, -0.1) is 11.6 Å². The first kappa shape index (κ1) is 11.5.